The number of carboxylic acids is 1. The van der Waals surface area contributed by atoms with Gasteiger partial charge in [0, 0.05) is 25.7 Å². The first-order valence-electron chi connectivity index (χ1n) is 7.32. The van der Waals surface area contributed by atoms with Crippen LogP contribution in [0, 0.1) is 0 Å². The lowest BCUT2D eigenvalue weighted by Crippen LogP contribution is -2.54. The van der Waals surface area contributed by atoms with Gasteiger partial charge in [-0.05, 0) is 40.2 Å². The highest BCUT2D eigenvalue weighted by Crippen LogP contribution is 2.29. The number of nitrogens with zero attached hydrogens (tertiary/aromatic N) is 2. The number of rotatable bonds is 6. The molecule has 0 aromatic rings. The van der Waals surface area contributed by atoms with Gasteiger partial charge >= 0.3 is 12.0 Å². The highest BCUT2D eigenvalue weighted by Gasteiger charge is 2.45. The molecular formula is C14H27N3O3. The lowest BCUT2D eigenvalue weighted by Gasteiger charge is -2.31. The largest absolute Gasteiger partial charge is 0.480 e. The Morgan fingerprint density at radius 1 is 1.50 bits per heavy atom. The second-order valence-electron chi connectivity index (χ2n) is 5.80. The highest BCUT2D eigenvalue weighted by atomic mass is 16.4. The van der Waals surface area contributed by atoms with Crippen molar-refractivity contribution in [2.45, 2.75) is 51.6 Å². The minimum atomic E-state index is -1.06. The summed E-state index contributed by atoms with van der Waals surface area (Å²) in [5, 5.41) is 12.1. The van der Waals surface area contributed by atoms with Gasteiger partial charge in [0.15, 0.2) is 0 Å². The van der Waals surface area contributed by atoms with E-state index in [9.17, 15) is 14.7 Å². The summed E-state index contributed by atoms with van der Waals surface area (Å²) in [5.41, 5.74) is -1.06. The van der Waals surface area contributed by atoms with Crippen LogP contribution in [0.5, 0.6) is 0 Å². The van der Waals surface area contributed by atoms with E-state index in [2.05, 4.69) is 24.1 Å². The number of urea groups is 1. The molecule has 1 fully saturated rings. The zero-order valence-electron chi connectivity index (χ0n) is 13.0. The van der Waals surface area contributed by atoms with Gasteiger partial charge in [0.05, 0.1) is 0 Å². The number of carbonyl (C=O) groups is 2. The first-order valence-corrected chi connectivity index (χ1v) is 7.32. The van der Waals surface area contributed by atoms with Gasteiger partial charge in [-0.25, -0.2) is 9.59 Å². The molecule has 1 saturated heterocycles. The van der Waals surface area contributed by atoms with Crippen LogP contribution in [0.4, 0.5) is 4.79 Å². The van der Waals surface area contributed by atoms with E-state index in [1.807, 2.05) is 7.05 Å². The van der Waals surface area contributed by atoms with Crippen molar-refractivity contribution in [1.82, 2.24) is 15.1 Å². The fraction of sp³-hybridized carbons (Fsp3) is 0.857. The maximum atomic E-state index is 12.1. The predicted molar refractivity (Wildman–Crippen MR) is 77.8 cm³/mol. The fourth-order valence-electron chi connectivity index (χ4n) is 2.48. The molecular weight excluding hydrogens is 258 g/mol. The molecule has 1 aliphatic heterocycles. The maximum absolute atomic E-state index is 12.1. The molecule has 0 spiro atoms. The number of nitrogens with one attached hydrogen (secondary N) is 1. The molecule has 0 radical (unpaired) electrons. The van der Waals surface area contributed by atoms with E-state index >= 15 is 0 Å². The van der Waals surface area contributed by atoms with Crippen LogP contribution >= 0.6 is 0 Å². The van der Waals surface area contributed by atoms with Crippen LogP contribution < -0.4 is 5.32 Å². The number of hydrogen-bond donors (Lipinski definition) is 2. The molecule has 20 heavy (non-hydrogen) atoms. The van der Waals surface area contributed by atoms with Gasteiger partial charge in [-0.15, -0.1) is 0 Å². The Morgan fingerprint density at radius 2 is 2.15 bits per heavy atom. The number of carbonyl (C=O) groups excluding carboxylic acids is 1. The normalized spacial score (nSPS) is 23.9. The lowest BCUT2D eigenvalue weighted by molar-refractivity contribution is -0.147. The molecule has 0 saturated carbocycles. The topological polar surface area (TPSA) is 72.9 Å². The summed E-state index contributed by atoms with van der Waals surface area (Å²) in [6.07, 6.45) is 2.32. The number of hydrogen-bond acceptors (Lipinski definition) is 3. The standard InChI is InChI=1S/C14H27N3O3/c1-5-11(2)16(4)10-8-15-13(20)17-9-6-7-14(17,3)12(18)19/h11H,5-10H2,1-4H3,(H,15,20)(H,18,19). The molecule has 2 amide bonds. The van der Waals surface area contributed by atoms with Crippen molar-refractivity contribution in [1.29, 1.82) is 0 Å². The summed E-state index contributed by atoms with van der Waals surface area (Å²) in [7, 11) is 2.03. The third-order valence-electron chi connectivity index (χ3n) is 4.43. The average molecular weight is 285 g/mol. The van der Waals surface area contributed by atoms with Crippen LogP contribution in [-0.2, 0) is 4.79 Å². The zero-order valence-corrected chi connectivity index (χ0v) is 13.0. The Morgan fingerprint density at radius 3 is 2.70 bits per heavy atom. The van der Waals surface area contributed by atoms with E-state index in [1.165, 1.54) is 4.90 Å². The molecule has 2 N–H and O–H groups in total. The summed E-state index contributed by atoms with van der Waals surface area (Å²) < 4.78 is 0. The van der Waals surface area contributed by atoms with Crippen molar-refractivity contribution in [2.75, 3.05) is 26.7 Å². The van der Waals surface area contributed by atoms with Gasteiger partial charge in [-0.1, -0.05) is 6.92 Å². The van der Waals surface area contributed by atoms with E-state index in [0.717, 1.165) is 19.4 Å². The van der Waals surface area contributed by atoms with Gasteiger partial charge < -0.3 is 20.2 Å². The van der Waals surface area contributed by atoms with Gasteiger partial charge in [-0.2, -0.15) is 0 Å². The molecule has 1 aliphatic rings. The SMILES string of the molecule is CCC(C)N(C)CCNC(=O)N1CCCC1(C)C(=O)O. The number of likely N-dealkylation sites (tertiary alicyclic amines) is 1. The van der Waals surface area contributed by atoms with E-state index < -0.39 is 11.5 Å². The smallest absolute Gasteiger partial charge is 0.329 e. The molecule has 1 heterocycles. The van der Waals surface area contributed by atoms with Crippen molar-refractivity contribution in [2.24, 2.45) is 0 Å². The highest BCUT2D eigenvalue weighted by molar-refractivity contribution is 5.86. The average Bonchev–Trinajstić information content (AvgIpc) is 2.81. The quantitative estimate of drug-likeness (QED) is 0.773. The van der Waals surface area contributed by atoms with Crippen LogP contribution in [0.1, 0.15) is 40.0 Å². The third kappa shape index (κ3) is 3.62. The molecule has 2 atom stereocenters. The number of aliphatic carboxylic acids is 1. The first-order chi connectivity index (χ1) is 9.32. The van der Waals surface area contributed by atoms with Crippen LogP contribution in [0.25, 0.3) is 0 Å². The van der Waals surface area contributed by atoms with Crippen LogP contribution in [-0.4, -0.2) is 65.2 Å². The summed E-state index contributed by atoms with van der Waals surface area (Å²) in [6, 6.07) is 0.202. The van der Waals surface area contributed by atoms with Crippen molar-refractivity contribution in [3.63, 3.8) is 0 Å². The molecule has 0 bridgehead atoms. The lowest BCUT2D eigenvalue weighted by atomic mass is 10.00. The molecule has 0 aromatic heterocycles. The summed E-state index contributed by atoms with van der Waals surface area (Å²) in [5.74, 6) is -0.929. The Bertz CT molecular complexity index is 362. The number of amides is 2. The molecule has 6 heteroatoms. The van der Waals surface area contributed by atoms with Crippen LogP contribution in [0.2, 0.25) is 0 Å². The minimum Gasteiger partial charge on any atom is -0.480 e. The molecule has 6 nitrogen and oxygen atoms in total. The van der Waals surface area contributed by atoms with E-state index in [-0.39, 0.29) is 6.03 Å². The molecule has 0 aromatic carbocycles. The summed E-state index contributed by atoms with van der Waals surface area (Å²) in [4.78, 5) is 27.1. The summed E-state index contributed by atoms with van der Waals surface area (Å²) >= 11 is 0. The van der Waals surface area contributed by atoms with Gasteiger partial charge in [-0.3, -0.25) is 0 Å². The van der Waals surface area contributed by atoms with Crippen molar-refractivity contribution in [3.05, 3.63) is 0 Å². The van der Waals surface area contributed by atoms with Crippen LogP contribution in [0.3, 0.4) is 0 Å². The van der Waals surface area contributed by atoms with Crippen molar-refractivity contribution >= 4 is 12.0 Å². The van der Waals surface area contributed by atoms with Gasteiger partial charge in [0.2, 0.25) is 0 Å². The molecule has 116 valence electrons. The Labute approximate surface area is 121 Å². The zero-order chi connectivity index (χ0) is 15.3. The predicted octanol–water partition coefficient (Wildman–Crippen LogP) is 1.37. The summed E-state index contributed by atoms with van der Waals surface area (Å²) in [6.45, 7) is 7.69. The number of likely N-dealkylation sites (N-methyl/N-ethyl adjacent to an activating group) is 1. The maximum Gasteiger partial charge on any atom is 0.329 e. The van der Waals surface area contributed by atoms with E-state index in [1.54, 1.807) is 6.92 Å². The van der Waals surface area contributed by atoms with Gasteiger partial charge in [0.1, 0.15) is 5.54 Å². The van der Waals surface area contributed by atoms with Gasteiger partial charge in [0.25, 0.3) is 0 Å². The monoisotopic (exact) mass is 285 g/mol. The van der Waals surface area contributed by atoms with E-state index in [0.29, 0.717) is 25.6 Å². The van der Waals surface area contributed by atoms with Crippen LogP contribution in [0.15, 0.2) is 0 Å². The fourth-order valence-corrected chi connectivity index (χ4v) is 2.48. The van der Waals surface area contributed by atoms with E-state index in [4.69, 9.17) is 0 Å². The third-order valence-corrected chi connectivity index (χ3v) is 4.43. The minimum absolute atomic E-state index is 0.273. The molecule has 0 aliphatic carbocycles. The Balaban J connectivity index is 2.45. The molecule has 2 unspecified atom stereocenters. The number of carboxylic acid groups (broad SMARTS) is 1. The second kappa shape index (κ2) is 6.92. The van der Waals surface area contributed by atoms with Crippen molar-refractivity contribution in [3.8, 4) is 0 Å². The Hall–Kier alpha value is -1.30. The second-order valence-corrected chi connectivity index (χ2v) is 5.80. The van der Waals surface area contributed by atoms with Crippen molar-refractivity contribution < 1.29 is 14.7 Å². The Kier molecular flexibility index (Phi) is 5.80. The first kappa shape index (κ1) is 16.8. The molecule has 1 rings (SSSR count).